The van der Waals surface area contributed by atoms with Gasteiger partial charge in [-0.1, -0.05) is 19.3 Å². The highest BCUT2D eigenvalue weighted by atomic mass is 16.1. The first kappa shape index (κ1) is 17.8. The second kappa shape index (κ2) is 7.21. The molecule has 27 heavy (non-hydrogen) atoms. The van der Waals surface area contributed by atoms with Crippen LogP contribution in [0.4, 0.5) is 5.69 Å². The number of amides is 1. The summed E-state index contributed by atoms with van der Waals surface area (Å²) in [5.41, 5.74) is 13.3. The highest BCUT2D eigenvalue weighted by Crippen LogP contribution is 2.39. The minimum absolute atomic E-state index is 0.0108. The molecule has 1 spiro atoms. The lowest BCUT2D eigenvalue weighted by Gasteiger charge is -2.45. The molecule has 4 rings (SSSR count). The normalized spacial score (nSPS) is 22.4. The minimum Gasteiger partial charge on any atom is -0.369 e. The summed E-state index contributed by atoms with van der Waals surface area (Å²) in [5.74, 6) is 0.606. The lowest BCUT2D eigenvalue weighted by Crippen LogP contribution is -2.58. The number of hydrogen-bond donors (Lipinski definition) is 3. The van der Waals surface area contributed by atoms with Crippen molar-refractivity contribution in [2.45, 2.75) is 69.5 Å². The Morgan fingerprint density at radius 3 is 2.37 bits per heavy atom. The summed E-state index contributed by atoms with van der Waals surface area (Å²) in [6.45, 7) is 0. The molecule has 0 aromatic heterocycles. The molecular formula is C20H28N6O. The van der Waals surface area contributed by atoms with Gasteiger partial charge in [-0.3, -0.25) is 9.69 Å². The maximum atomic E-state index is 12.5. The van der Waals surface area contributed by atoms with Crippen LogP contribution in [0.15, 0.2) is 34.3 Å². The van der Waals surface area contributed by atoms with E-state index in [-0.39, 0.29) is 11.9 Å². The Labute approximate surface area is 159 Å². The Morgan fingerprint density at radius 2 is 1.70 bits per heavy atom. The van der Waals surface area contributed by atoms with Gasteiger partial charge in [0.25, 0.3) is 5.91 Å². The van der Waals surface area contributed by atoms with Gasteiger partial charge in [0, 0.05) is 17.3 Å². The Kier molecular flexibility index (Phi) is 4.76. The molecule has 0 atom stereocenters. The molecule has 0 unspecified atom stereocenters. The third-order valence-corrected chi connectivity index (χ3v) is 5.93. The van der Waals surface area contributed by atoms with Gasteiger partial charge in [0.2, 0.25) is 11.9 Å². The zero-order valence-corrected chi connectivity index (χ0v) is 15.7. The van der Waals surface area contributed by atoms with Crippen LogP contribution in [-0.2, 0) is 0 Å². The van der Waals surface area contributed by atoms with E-state index < -0.39 is 5.66 Å². The topological polar surface area (TPSA) is 109 Å². The molecule has 0 saturated heterocycles. The van der Waals surface area contributed by atoms with Crippen molar-refractivity contribution >= 4 is 23.5 Å². The number of nitrogens with one attached hydrogen (secondary N) is 1. The highest BCUT2D eigenvalue weighted by Gasteiger charge is 2.42. The summed E-state index contributed by atoms with van der Waals surface area (Å²) >= 11 is 0. The monoisotopic (exact) mass is 368 g/mol. The third-order valence-electron chi connectivity index (χ3n) is 5.93. The smallest absolute Gasteiger partial charge is 0.251 e. The van der Waals surface area contributed by atoms with Gasteiger partial charge in [-0.15, -0.1) is 0 Å². The van der Waals surface area contributed by atoms with E-state index in [0.29, 0.717) is 17.6 Å². The summed E-state index contributed by atoms with van der Waals surface area (Å²) in [5, 5.41) is 3.13. The average molecular weight is 368 g/mol. The molecule has 3 aliphatic rings. The summed E-state index contributed by atoms with van der Waals surface area (Å²) in [6, 6.07) is 7.87. The van der Waals surface area contributed by atoms with Crippen molar-refractivity contribution in [2.24, 2.45) is 21.5 Å². The lowest BCUT2D eigenvalue weighted by molar-refractivity contribution is 0.0938. The number of carbonyl (C=O) groups excluding carboxylic acids is 1. The Morgan fingerprint density at radius 1 is 1.04 bits per heavy atom. The maximum Gasteiger partial charge on any atom is 0.251 e. The van der Waals surface area contributed by atoms with E-state index in [1.807, 2.05) is 29.2 Å². The van der Waals surface area contributed by atoms with Crippen LogP contribution in [0.1, 0.15) is 68.1 Å². The molecule has 1 amide bonds. The minimum atomic E-state index is -0.457. The third kappa shape index (κ3) is 3.50. The van der Waals surface area contributed by atoms with Crippen molar-refractivity contribution in [3.8, 4) is 0 Å². The first-order valence-electron chi connectivity index (χ1n) is 9.98. The summed E-state index contributed by atoms with van der Waals surface area (Å²) in [6.07, 6.45) is 9.71. The highest BCUT2D eigenvalue weighted by molar-refractivity contribution is 6.06. The van der Waals surface area contributed by atoms with E-state index in [1.54, 1.807) is 0 Å². The zero-order valence-electron chi connectivity index (χ0n) is 15.7. The van der Waals surface area contributed by atoms with Crippen LogP contribution in [0.25, 0.3) is 0 Å². The number of aliphatic imine (C=N–C) groups is 2. The van der Waals surface area contributed by atoms with E-state index in [9.17, 15) is 4.79 Å². The number of guanidine groups is 2. The SMILES string of the molecule is NC1=NC2(CCCCC2)N(c2ccc(C(=O)NC3CCCC3)cc2)C(N)=N1. The van der Waals surface area contributed by atoms with Crippen LogP contribution in [0.3, 0.4) is 0 Å². The molecule has 2 fully saturated rings. The predicted molar refractivity (Wildman–Crippen MR) is 108 cm³/mol. The second-order valence-corrected chi connectivity index (χ2v) is 7.82. The Balaban J connectivity index is 1.56. The molecular weight excluding hydrogens is 340 g/mol. The predicted octanol–water partition coefficient (Wildman–Crippen LogP) is 2.47. The molecule has 1 aromatic carbocycles. The molecule has 0 bridgehead atoms. The fraction of sp³-hybridized carbons (Fsp3) is 0.550. The molecule has 1 aromatic rings. The lowest BCUT2D eigenvalue weighted by atomic mass is 9.87. The average Bonchev–Trinajstić information content (AvgIpc) is 3.15. The quantitative estimate of drug-likeness (QED) is 0.761. The zero-order chi connectivity index (χ0) is 18.9. The second-order valence-electron chi connectivity index (χ2n) is 7.82. The van der Waals surface area contributed by atoms with Crippen molar-refractivity contribution < 1.29 is 4.79 Å². The molecule has 7 heteroatoms. The van der Waals surface area contributed by atoms with Gasteiger partial charge in [-0.2, -0.15) is 4.99 Å². The molecule has 0 radical (unpaired) electrons. The number of hydrogen-bond acceptors (Lipinski definition) is 6. The first-order chi connectivity index (χ1) is 13.1. The molecule has 1 heterocycles. The van der Waals surface area contributed by atoms with Gasteiger partial charge in [0.1, 0.15) is 5.66 Å². The fourth-order valence-corrected chi connectivity index (χ4v) is 4.60. The maximum absolute atomic E-state index is 12.5. The molecule has 144 valence electrons. The molecule has 1 aliphatic heterocycles. The van der Waals surface area contributed by atoms with Crippen molar-refractivity contribution in [3.05, 3.63) is 29.8 Å². The molecule has 2 saturated carbocycles. The van der Waals surface area contributed by atoms with Gasteiger partial charge >= 0.3 is 0 Å². The van der Waals surface area contributed by atoms with Gasteiger partial charge in [-0.25, -0.2) is 4.99 Å². The molecule has 7 nitrogen and oxygen atoms in total. The number of nitrogens with two attached hydrogens (primary N) is 2. The number of carbonyl (C=O) groups is 1. The number of benzene rings is 1. The van der Waals surface area contributed by atoms with E-state index in [2.05, 4.69) is 15.3 Å². The summed E-state index contributed by atoms with van der Waals surface area (Å²) in [7, 11) is 0. The largest absolute Gasteiger partial charge is 0.369 e. The van der Waals surface area contributed by atoms with Crippen LogP contribution in [-0.4, -0.2) is 29.5 Å². The van der Waals surface area contributed by atoms with Crippen LogP contribution in [0, 0.1) is 0 Å². The summed E-state index contributed by atoms with van der Waals surface area (Å²) < 4.78 is 0. The van der Waals surface area contributed by atoms with Crippen molar-refractivity contribution in [3.63, 3.8) is 0 Å². The van der Waals surface area contributed by atoms with Crippen molar-refractivity contribution in [1.82, 2.24) is 5.32 Å². The van der Waals surface area contributed by atoms with Crippen LogP contribution in [0.5, 0.6) is 0 Å². The Bertz CT molecular complexity index is 757. The Hall–Kier alpha value is -2.57. The van der Waals surface area contributed by atoms with Gasteiger partial charge in [-0.05, 0) is 62.8 Å². The van der Waals surface area contributed by atoms with E-state index in [4.69, 9.17) is 11.5 Å². The van der Waals surface area contributed by atoms with E-state index >= 15 is 0 Å². The van der Waals surface area contributed by atoms with Crippen LogP contribution < -0.4 is 21.7 Å². The number of rotatable bonds is 3. The van der Waals surface area contributed by atoms with Gasteiger partial charge in [0.05, 0.1) is 0 Å². The standard InChI is InChI=1S/C20H28N6O/c21-18-24-19(22)26(20(25-18)12-4-1-5-13-20)16-10-8-14(9-11-16)17(27)23-15-6-2-3-7-15/h8-11,15H,1-7,12-13H2,(H,23,27)(H4,21,22,24,25). The number of nitrogens with zero attached hydrogens (tertiary/aromatic N) is 3. The first-order valence-corrected chi connectivity index (χ1v) is 9.98. The number of anilines is 1. The molecule has 5 N–H and O–H groups in total. The van der Waals surface area contributed by atoms with Crippen LogP contribution >= 0.6 is 0 Å². The summed E-state index contributed by atoms with van der Waals surface area (Å²) in [4.78, 5) is 23.3. The van der Waals surface area contributed by atoms with Crippen LogP contribution in [0.2, 0.25) is 0 Å². The van der Waals surface area contributed by atoms with Crippen molar-refractivity contribution in [2.75, 3.05) is 4.90 Å². The van der Waals surface area contributed by atoms with Gasteiger partial charge in [0.15, 0.2) is 0 Å². The van der Waals surface area contributed by atoms with E-state index in [0.717, 1.165) is 44.2 Å². The van der Waals surface area contributed by atoms with Crippen molar-refractivity contribution in [1.29, 1.82) is 0 Å². The van der Waals surface area contributed by atoms with E-state index in [1.165, 1.54) is 19.3 Å². The fourth-order valence-electron chi connectivity index (χ4n) is 4.60. The molecule has 2 aliphatic carbocycles. The van der Waals surface area contributed by atoms with Gasteiger partial charge < -0.3 is 16.8 Å².